The predicted molar refractivity (Wildman–Crippen MR) is 76.4 cm³/mol. The van der Waals surface area contributed by atoms with Gasteiger partial charge in [0.25, 0.3) is 5.69 Å². The molecule has 114 valence electrons. The summed E-state index contributed by atoms with van der Waals surface area (Å²) in [6.07, 6.45) is -0.261. The van der Waals surface area contributed by atoms with E-state index in [9.17, 15) is 23.3 Å². The van der Waals surface area contributed by atoms with Crippen LogP contribution in [0, 0.1) is 24.0 Å². The van der Waals surface area contributed by atoms with E-state index in [0.717, 1.165) is 16.0 Å². The van der Waals surface area contributed by atoms with E-state index in [2.05, 4.69) is 0 Å². The van der Waals surface area contributed by atoms with Crippen molar-refractivity contribution in [2.75, 3.05) is 11.4 Å². The third kappa shape index (κ3) is 2.88. The Kier molecular flexibility index (Phi) is 3.72. The van der Waals surface area contributed by atoms with Crippen molar-refractivity contribution in [1.82, 2.24) is 0 Å². The molecule has 1 amide bonds. The van der Waals surface area contributed by atoms with Crippen LogP contribution in [0.5, 0.6) is 0 Å². The van der Waals surface area contributed by atoms with Crippen LogP contribution in [-0.4, -0.2) is 31.0 Å². The highest BCUT2D eigenvalue weighted by atomic mass is 32.2. The summed E-state index contributed by atoms with van der Waals surface area (Å²) in [4.78, 5) is 23.7. The molecule has 1 unspecified atom stereocenters. The number of amides is 1. The molecule has 1 atom stereocenters. The molecule has 9 heteroatoms. The van der Waals surface area contributed by atoms with Gasteiger partial charge in [-0.25, -0.2) is 13.6 Å². The Morgan fingerprint density at radius 2 is 1.90 bits per heavy atom. The van der Waals surface area contributed by atoms with Gasteiger partial charge in [-0.15, -0.1) is 0 Å². The number of sulfonamides is 1. The first-order valence-corrected chi connectivity index (χ1v) is 7.80. The lowest BCUT2D eigenvalue weighted by Crippen LogP contribution is -2.32. The van der Waals surface area contributed by atoms with E-state index in [-0.39, 0.29) is 24.3 Å². The molecule has 0 aromatic heterocycles. The first-order valence-electron chi connectivity index (χ1n) is 6.19. The molecular formula is C12H15N3O5S. The quantitative estimate of drug-likeness (QED) is 0.646. The van der Waals surface area contributed by atoms with E-state index in [4.69, 9.17) is 5.14 Å². The molecule has 21 heavy (non-hydrogen) atoms. The number of hydrogen-bond acceptors (Lipinski definition) is 5. The molecule has 1 aliphatic heterocycles. The lowest BCUT2D eigenvalue weighted by molar-refractivity contribution is -0.384. The van der Waals surface area contributed by atoms with E-state index in [1.165, 1.54) is 12.1 Å². The third-order valence-corrected chi connectivity index (χ3v) is 4.88. The molecule has 2 N–H and O–H groups in total. The Bertz CT molecular complexity index is 729. The molecular weight excluding hydrogens is 298 g/mol. The van der Waals surface area contributed by atoms with E-state index in [0.29, 0.717) is 0 Å². The van der Waals surface area contributed by atoms with Gasteiger partial charge in [0.1, 0.15) is 10.9 Å². The van der Waals surface area contributed by atoms with Crippen molar-refractivity contribution in [2.45, 2.75) is 25.5 Å². The summed E-state index contributed by atoms with van der Waals surface area (Å²) >= 11 is 0. The van der Waals surface area contributed by atoms with Gasteiger partial charge in [0, 0.05) is 19.0 Å². The molecule has 0 radical (unpaired) electrons. The lowest BCUT2D eigenvalue weighted by atomic mass is 10.1. The number of rotatable bonds is 3. The number of benzene rings is 1. The number of hydrogen-bond donors (Lipinski definition) is 1. The monoisotopic (exact) mass is 313 g/mol. The number of nitro groups is 1. The zero-order valence-corrected chi connectivity index (χ0v) is 12.4. The Morgan fingerprint density at radius 1 is 1.33 bits per heavy atom. The standard InChI is InChI=1S/C12H15N3O5S/c1-7-3-10(11(15(17)18)4-8(7)2)14-6-9(5-12(14)16)21(13,19)20/h3-4,9H,5-6H2,1-2H3,(H2,13,19,20). The van der Waals surface area contributed by atoms with Crippen LogP contribution in [0.4, 0.5) is 11.4 Å². The van der Waals surface area contributed by atoms with Crippen LogP contribution >= 0.6 is 0 Å². The highest BCUT2D eigenvalue weighted by molar-refractivity contribution is 7.89. The SMILES string of the molecule is Cc1cc(N2CC(S(N)(=O)=O)CC2=O)c([N+](=O)[O-])cc1C. The average Bonchev–Trinajstić information content (AvgIpc) is 2.74. The van der Waals surface area contributed by atoms with E-state index >= 15 is 0 Å². The summed E-state index contributed by atoms with van der Waals surface area (Å²) in [7, 11) is -3.86. The zero-order valence-electron chi connectivity index (χ0n) is 11.6. The second-order valence-electron chi connectivity index (χ2n) is 5.10. The molecule has 1 saturated heterocycles. The van der Waals surface area contributed by atoms with Crippen molar-refractivity contribution in [3.05, 3.63) is 33.4 Å². The van der Waals surface area contributed by atoms with Gasteiger partial charge < -0.3 is 4.90 Å². The van der Waals surface area contributed by atoms with Crippen LogP contribution in [0.1, 0.15) is 17.5 Å². The van der Waals surface area contributed by atoms with Crippen molar-refractivity contribution >= 4 is 27.3 Å². The van der Waals surface area contributed by atoms with Gasteiger partial charge in [-0.05, 0) is 31.0 Å². The highest BCUT2D eigenvalue weighted by Crippen LogP contribution is 2.34. The molecule has 1 heterocycles. The predicted octanol–water partition coefficient (Wildman–Crippen LogP) is 0.605. The van der Waals surface area contributed by atoms with Gasteiger partial charge in [-0.2, -0.15) is 0 Å². The molecule has 0 saturated carbocycles. The topological polar surface area (TPSA) is 124 Å². The van der Waals surface area contributed by atoms with Crippen LogP contribution in [0.15, 0.2) is 12.1 Å². The van der Waals surface area contributed by atoms with E-state index < -0.39 is 26.1 Å². The molecule has 1 fully saturated rings. The fraction of sp³-hybridized carbons (Fsp3) is 0.417. The number of nitro benzene ring substituents is 1. The van der Waals surface area contributed by atoms with Gasteiger partial charge in [0.2, 0.25) is 15.9 Å². The largest absolute Gasteiger partial charge is 0.305 e. The maximum absolute atomic E-state index is 12.0. The first-order chi connectivity index (χ1) is 9.61. The Balaban J connectivity index is 2.50. The van der Waals surface area contributed by atoms with Crippen molar-refractivity contribution in [3.8, 4) is 0 Å². The second kappa shape index (κ2) is 5.08. The molecule has 1 aliphatic rings. The first kappa shape index (κ1) is 15.4. The third-order valence-electron chi connectivity index (χ3n) is 3.63. The number of nitrogens with two attached hydrogens (primary N) is 1. The van der Waals surface area contributed by atoms with Crippen LogP contribution in [0.2, 0.25) is 0 Å². The minimum atomic E-state index is -3.86. The van der Waals surface area contributed by atoms with Crippen LogP contribution < -0.4 is 10.0 Å². The van der Waals surface area contributed by atoms with Gasteiger partial charge in [-0.1, -0.05) is 0 Å². The lowest BCUT2D eigenvalue weighted by Gasteiger charge is -2.17. The molecule has 0 aliphatic carbocycles. The van der Waals surface area contributed by atoms with Crippen molar-refractivity contribution < 1.29 is 18.1 Å². The van der Waals surface area contributed by atoms with Crippen LogP contribution in [0.25, 0.3) is 0 Å². The molecule has 2 rings (SSSR count). The molecule has 0 spiro atoms. The smallest absolute Gasteiger partial charge is 0.293 e. The van der Waals surface area contributed by atoms with Gasteiger partial charge in [0.15, 0.2) is 0 Å². The molecule has 0 bridgehead atoms. The Labute approximate surface area is 121 Å². The Hall–Kier alpha value is -2.00. The molecule has 1 aromatic carbocycles. The van der Waals surface area contributed by atoms with Crippen LogP contribution in [-0.2, 0) is 14.8 Å². The number of carbonyl (C=O) groups excluding carboxylic acids is 1. The fourth-order valence-corrected chi connectivity index (χ4v) is 3.01. The van der Waals surface area contributed by atoms with Crippen molar-refractivity contribution in [1.29, 1.82) is 0 Å². The number of anilines is 1. The van der Waals surface area contributed by atoms with E-state index in [1.807, 2.05) is 0 Å². The maximum atomic E-state index is 12.0. The zero-order chi connectivity index (χ0) is 15.9. The number of nitrogens with zero attached hydrogens (tertiary/aromatic N) is 2. The highest BCUT2D eigenvalue weighted by Gasteiger charge is 2.39. The van der Waals surface area contributed by atoms with Crippen molar-refractivity contribution in [3.63, 3.8) is 0 Å². The minimum Gasteiger partial charge on any atom is -0.305 e. The Morgan fingerprint density at radius 3 is 2.38 bits per heavy atom. The minimum absolute atomic E-state index is 0.110. The summed E-state index contributed by atoms with van der Waals surface area (Å²) in [5, 5.41) is 15.2. The number of carbonyl (C=O) groups is 1. The summed E-state index contributed by atoms with van der Waals surface area (Å²) in [6, 6.07) is 2.90. The van der Waals surface area contributed by atoms with E-state index in [1.54, 1.807) is 13.8 Å². The van der Waals surface area contributed by atoms with Gasteiger partial charge in [0.05, 0.1) is 4.92 Å². The van der Waals surface area contributed by atoms with Crippen LogP contribution in [0.3, 0.4) is 0 Å². The van der Waals surface area contributed by atoms with Gasteiger partial charge >= 0.3 is 0 Å². The van der Waals surface area contributed by atoms with Gasteiger partial charge in [-0.3, -0.25) is 14.9 Å². The average molecular weight is 313 g/mol. The number of primary sulfonamides is 1. The number of aryl methyl sites for hydroxylation is 2. The van der Waals surface area contributed by atoms with Crippen molar-refractivity contribution in [2.24, 2.45) is 5.14 Å². The summed E-state index contributed by atoms with van der Waals surface area (Å²) in [5.41, 5.74) is 1.39. The summed E-state index contributed by atoms with van der Waals surface area (Å²) in [5.74, 6) is -0.486. The molecule has 8 nitrogen and oxygen atoms in total. The molecule has 1 aromatic rings. The normalized spacial score (nSPS) is 19.1. The summed E-state index contributed by atoms with van der Waals surface area (Å²) in [6.45, 7) is 3.33. The summed E-state index contributed by atoms with van der Waals surface area (Å²) < 4.78 is 22.7. The second-order valence-corrected chi connectivity index (χ2v) is 6.95. The fourth-order valence-electron chi connectivity index (χ4n) is 2.28. The maximum Gasteiger partial charge on any atom is 0.293 e.